The van der Waals surface area contributed by atoms with Gasteiger partial charge in [0.1, 0.15) is 5.69 Å². The zero-order valence-corrected chi connectivity index (χ0v) is 12.1. The minimum atomic E-state index is -4.48. The van der Waals surface area contributed by atoms with E-state index >= 15 is 0 Å². The fourth-order valence-electron chi connectivity index (χ4n) is 2.44. The molecule has 0 atom stereocenters. The summed E-state index contributed by atoms with van der Waals surface area (Å²) in [5.41, 5.74) is 0.239. The Labute approximate surface area is 125 Å². The molecule has 3 nitrogen and oxygen atoms in total. The number of hydrogen-bond donors (Lipinski definition) is 0. The molecular weight excluding hydrogens is 291 g/mol. The minimum Gasteiger partial charge on any atom is -0.233 e. The molecule has 114 valence electrons. The van der Waals surface area contributed by atoms with E-state index in [4.69, 9.17) is 0 Å². The molecule has 0 aliphatic heterocycles. The number of nitrogens with zero attached hydrogens (tertiary/aromatic N) is 3. The van der Waals surface area contributed by atoms with Crippen LogP contribution in [0.3, 0.4) is 0 Å². The number of halogens is 3. The van der Waals surface area contributed by atoms with Crippen molar-refractivity contribution in [3.63, 3.8) is 0 Å². The maximum absolute atomic E-state index is 13.3. The number of aryl methyl sites for hydroxylation is 2. The zero-order chi connectivity index (χ0) is 15.9. The molecule has 0 unspecified atom stereocenters. The summed E-state index contributed by atoms with van der Waals surface area (Å²) in [6.45, 7) is 3.53. The highest BCUT2D eigenvalue weighted by molar-refractivity contribution is 5.88. The molecule has 0 radical (unpaired) electrons. The molecule has 0 amide bonds. The molecule has 0 aliphatic carbocycles. The number of aromatic nitrogens is 3. The SMILES string of the molecule is CCc1cc(C(F)(F)F)n(-c2nc(C)cc3ccccc23)n1. The smallest absolute Gasteiger partial charge is 0.233 e. The van der Waals surface area contributed by atoms with Crippen molar-refractivity contribution < 1.29 is 13.2 Å². The van der Waals surface area contributed by atoms with Crippen molar-refractivity contribution in [2.75, 3.05) is 0 Å². The van der Waals surface area contributed by atoms with Gasteiger partial charge in [0.15, 0.2) is 5.82 Å². The lowest BCUT2D eigenvalue weighted by molar-refractivity contribution is -0.142. The molecule has 22 heavy (non-hydrogen) atoms. The topological polar surface area (TPSA) is 30.7 Å². The lowest BCUT2D eigenvalue weighted by atomic mass is 10.1. The molecule has 6 heteroatoms. The average molecular weight is 305 g/mol. The van der Waals surface area contributed by atoms with Gasteiger partial charge in [-0.2, -0.15) is 18.3 Å². The molecule has 0 saturated heterocycles. The Balaban J connectivity index is 2.34. The zero-order valence-electron chi connectivity index (χ0n) is 12.1. The number of fused-ring (bicyclic) bond motifs is 1. The fourth-order valence-corrected chi connectivity index (χ4v) is 2.44. The van der Waals surface area contributed by atoms with Crippen molar-refractivity contribution in [2.24, 2.45) is 0 Å². The Kier molecular flexibility index (Phi) is 3.39. The molecule has 0 fully saturated rings. The van der Waals surface area contributed by atoms with Crippen LogP contribution in [-0.2, 0) is 12.6 Å². The second-order valence-corrected chi connectivity index (χ2v) is 5.09. The summed E-state index contributed by atoms with van der Waals surface area (Å²) in [6.07, 6.45) is -4.05. The highest BCUT2D eigenvalue weighted by Gasteiger charge is 2.36. The van der Waals surface area contributed by atoms with E-state index in [-0.39, 0.29) is 5.82 Å². The van der Waals surface area contributed by atoms with Crippen LogP contribution in [0.4, 0.5) is 13.2 Å². The Morgan fingerprint density at radius 2 is 1.86 bits per heavy atom. The lowest BCUT2D eigenvalue weighted by Crippen LogP contribution is -2.14. The maximum atomic E-state index is 13.3. The van der Waals surface area contributed by atoms with Crippen molar-refractivity contribution in [1.82, 2.24) is 14.8 Å². The molecule has 3 aromatic rings. The monoisotopic (exact) mass is 305 g/mol. The van der Waals surface area contributed by atoms with E-state index in [0.29, 0.717) is 23.2 Å². The van der Waals surface area contributed by atoms with Crippen molar-refractivity contribution in [1.29, 1.82) is 0 Å². The van der Waals surface area contributed by atoms with Gasteiger partial charge in [-0.15, -0.1) is 0 Å². The number of rotatable bonds is 2. The highest BCUT2D eigenvalue weighted by atomic mass is 19.4. The van der Waals surface area contributed by atoms with Crippen LogP contribution in [0.2, 0.25) is 0 Å². The Hall–Kier alpha value is -2.37. The van der Waals surface area contributed by atoms with E-state index in [9.17, 15) is 13.2 Å². The van der Waals surface area contributed by atoms with Gasteiger partial charge in [0.05, 0.1) is 5.69 Å². The Morgan fingerprint density at radius 3 is 2.55 bits per heavy atom. The highest BCUT2D eigenvalue weighted by Crippen LogP contribution is 2.33. The first-order chi connectivity index (χ1) is 10.4. The first-order valence-corrected chi connectivity index (χ1v) is 6.93. The van der Waals surface area contributed by atoms with Crippen LogP contribution in [-0.4, -0.2) is 14.8 Å². The largest absolute Gasteiger partial charge is 0.433 e. The maximum Gasteiger partial charge on any atom is 0.433 e. The number of pyridine rings is 1. The summed E-state index contributed by atoms with van der Waals surface area (Å²) in [6, 6.07) is 10.2. The van der Waals surface area contributed by atoms with Crippen LogP contribution >= 0.6 is 0 Å². The molecule has 0 N–H and O–H groups in total. The summed E-state index contributed by atoms with van der Waals surface area (Å²) >= 11 is 0. The van der Waals surface area contributed by atoms with Crippen molar-refractivity contribution >= 4 is 10.8 Å². The quantitative estimate of drug-likeness (QED) is 0.706. The molecule has 0 spiro atoms. The van der Waals surface area contributed by atoms with Crippen LogP contribution < -0.4 is 0 Å². The van der Waals surface area contributed by atoms with Crippen molar-refractivity contribution in [3.8, 4) is 5.82 Å². The Morgan fingerprint density at radius 1 is 1.14 bits per heavy atom. The first kappa shape index (κ1) is 14.6. The predicted octanol–water partition coefficient (Wildman–Crippen LogP) is 4.31. The van der Waals surface area contributed by atoms with Crippen molar-refractivity contribution in [2.45, 2.75) is 26.4 Å². The van der Waals surface area contributed by atoms with Gasteiger partial charge in [0.2, 0.25) is 0 Å². The summed E-state index contributed by atoms with van der Waals surface area (Å²) in [5.74, 6) is 0.211. The summed E-state index contributed by atoms with van der Waals surface area (Å²) in [4.78, 5) is 4.29. The molecular formula is C16H14F3N3. The van der Waals surface area contributed by atoms with Gasteiger partial charge in [-0.1, -0.05) is 31.2 Å². The number of hydrogen-bond acceptors (Lipinski definition) is 2. The average Bonchev–Trinajstić information content (AvgIpc) is 2.90. The van der Waals surface area contributed by atoms with E-state index in [1.807, 2.05) is 18.2 Å². The van der Waals surface area contributed by atoms with E-state index in [2.05, 4.69) is 10.1 Å². The third-order valence-electron chi connectivity index (χ3n) is 3.46. The first-order valence-electron chi connectivity index (χ1n) is 6.93. The van der Waals surface area contributed by atoms with Crippen LogP contribution in [0.15, 0.2) is 36.4 Å². The third-order valence-corrected chi connectivity index (χ3v) is 3.46. The summed E-state index contributed by atoms with van der Waals surface area (Å²) < 4.78 is 40.8. The predicted molar refractivity (Wildman–Crippen MR) is 78.0 cm³/mol. The van der Waals surface area contributed by atoms with Gasteiger partial charge in [0, 0.05) is 11.1 Å². The number of benzene rings is 1. The number of alkyl halides is 3. The molecule has 1 aromatic carbocycles. The fraction of sp³-hybridized carbons (Fsp3) is 0.250. The van der Waals surface area contributed by atoms with Gasteiger partial charge in [-0.05, 0) is 30.9 Å². The van der Waals surface area contributed by atoms with Crippen LogP contribution in [0.5, 0.6) is 0 Å². The standard InChI is InChI=1S/C16H14F3N3/c1-3-12-9-14(16(17,18)19)22(21-12)15-13-7-5-4-6-11(13)8-10(2)20-15/h4-9H,3H2,1-2H3. The molecule has 2 heterocycles. The van der Waals surface area contributed by atoms with E-state index < -0.39 is 11.9 Å². The van der Waals surface area contributed by atoms with E-state index in [1.54, 1.807) is 26.0 Å². The van der Waals surface area contributed by atoms with Crippen molar-refractivity contribution in [3.05, 3.63) is 53.5 Å². The van der Waals surface area contributed by atoms with Crippen LogP contribution in [0.25, 0.3) is 16.6 Å². The minimum absolute atomic E-state index is 0.211. The van der Waals surface area contributed by atoms with Gasteiger partial charge in [0.25, 0.3) is 0 Å². The van der Waals surface area contributed by atoms with Gasteiger partial charge < -0.3 is 0 Å². The molecule has 0 aliphatic rings. The van der Waals surface area contributed by atoms with Gasteiger partial charge in [-0.3, -0.25) is 0 Å². The van der Waals surface area contributed by atoms with E-state index in [1.165, 1.54) is 0 Å². The molecule has 2 aromatic heterocycles. The lowest BCUT2D eigenvalue weighted by Gasteiger charge is -2.12. The van der Waals surface area contributed by atoms with Crippen LogP contribution in [0, 0.1) is 6.92 Å². The summed E-state index contributed by atoms with van der Waals surface area (Å²) in [5, 5.41) is 5.57. The van der Waals surface area contributed by atoms with Gasteiger partial charge in [-0.25, -0.2) is 9.67 Å². The second kappa shape index (κ2) is 5.12. The Bertz CT molecular complexity index is 834. The molecule has 0 bridgehead atoms. The second-order valence-electron chi connectivity index (χ2n) is 5.09. The third kappa shape index (κ3) is 2.45. The summed E-state index contributed by atoms with van der Waals surface area (Å²) in [7, 11) is 0. The van der Waals surface area contributed by atoms with Crippen LogP contribution in [0.1, 0.15) is 24.0 Å². The normalized spacial score (nSPS) is 12.0. The molecule has 0 saturated carbocycles. The van der Waals surface area contributed by atoms with E-state index in [0.717, 1.165) is 16.1 Å². The molecule has 3 rings (SSSR count). The van der Waals surface area contributed by atoms with Gasteiger partial charge >= 0.3 is 6.18 Å².